The minimum Gasteiger partial charge on any atom is -0.463 e. The summed E-state index contributed by atoms with van der Waals surface area (Å²) >= 11 is 0. The standard InChI is InChI=1S/C23H22N4O4/c1-13-21(14(2)27(4)26-13)25-22(28)15(3)31-23(29)17-12-19(20-10-7-11-30-20)24-18-9-6-5-8-16(17)18/h5-12,15H,1-4H3,(H,25,28)/t15-/m1/s1. The van der Waals surface area contributed by atoms with Gasteiger partial charge in [0.2, 0.25) is 0 Å². The van der Waals surface area contributed by atoms with Crippen LogP contribution in [0.3, 0.4) is 0 Å². The molecule has 0 unspecified atom stereocenters. The molecule has 0 bridgehead atoms. The zero-order chi connectivity index (χ0) is 22.1. The zero-order valence-corrected chi connectivity index (χ0v) is 17.7. The van der Waals surface area contributed by atoms with Crippen molar-refractivity contribution in [3.05, 3.63) is 65.7 Å². The summed E-state index contributed by atoms with van der Waals surface area (Å²) in [6, 6.07) is 12.4. The van der Waals surface area contributed by atoms with Crippen LogP contribution in [0.2, 0.25) is 0 Å². The van der Waals surface area contributed by atoms with Crippen LogP contribution < -0.4 is 5.32 Å². The van der Waals surface area contributed by atoms with E-state index in [1.165, 1.54) is 6.92 Å². The van der Waals surface area contributed by atoms with E-state index in [1.807, 2.05) is 25.1 Å². The molecule has 31 heavy (non-hydrogen) atoms. The number of aromatic nitrogens is 3. The van der Waals surface area contributed by atoms with E-state index < -0.39 is 18.0 Å². The number of fused-ring (bicyclic) bond motifs is 1. The Kier molecular flexibility index (Phi) is 5.29. The van der Waals surface area contributed by atoms with Crippen molar-refractivity contribution in [2.24, 2.45) is 7.05 Å². The van der Waals surface area contributed by atoms with Crippen molar-refractivity contribution >= 4 is 28.5 Å². The number of hydrogen-bond donors (Lipinski definition) is 1. The molecule has 8 nitrogen and oxygen atoms in total. The lowest BCUT2D eigenvalue weighted by molar-refractivity contribution is -0.123. The molecular weight excluding hydrogens is 396 g/mol. The number of carbonyl (C=O) groups is 2. The first kappa shape index (κ1) is 20.3. The van der Waals surface area contributed by atoms with Gasteiger partial charge >= 0.3 is 5.97 Å². The number of amides is 1. The van der Waals surface area contributed by atoms with Gasteiger partial charge in [-0.25, -0.2) is 9.78 Å². The van der Waals surface area contributed by atoms with E-state index in [2.05, 4.69) is 15.4 Å². The molecule has 3 aromatic heterocycles. The Labute approximate surface area is 178 Å². The highest BCUT2D eigenvalue weighted by molar-refractivity contribution is 6.06. The molecule has 0 saturated carbocycles. The summed E-state index contributed by atoms with van der Waals surface area (Å²) in [6.07, 6.45) is 0.532. The molecule has 0 aliphatic rings. The lowest BCUT2D eigenvalue weighted by atomic mass is 10.1. The van der Waals surface area contributed by atoms with Crippen LogP contribution in [0.5, 0.6) is 0 Å². The summed E-state index contributed by atoms with van der Waals surface area (Å²) in [6.45, 7) is 5.19. The van der Waals surface area contributed by atoms with Crippen molar-refractivity contribution < 1.29 is 18.7 Å². The maximum atomic E-state index is 13.0. The summed E-state index contributed by atoms with van der Waals surface area (Å²) in [4.78, 5) is 30.2. The number of carbonyl (C=O) groups excluding carboxylic acids is 2. The smallest absolute Gasteiger partial charge is 0.339 e. The fourth-order valence-electron chi connectivity index (χ4n) is 3.35. The third kappa shape index (κ3) is 3.92. The maximum absolute atomic E-state index is 13.0. The number of para-hydroxylation sites is 1. The van der Waals surface area contributed by atoms with Gasteiger partial charge in [-0.05, 0) is 45.0 Å². The van der Waals surface area contributed by atoms with E-state index in [0.717, 1.165) is 5.69 Å². The average molecular weight is 418 g/mol. The molecule has 1 amide bonds. The van der Waals surface area contributed by atoms with Crippen LogP contribution in [-0.2, 0) is 16.6 Å². The molecule has 0 saturated heterocycles. The third-order valence-electron chi connectivity index (χ3n) is 5.12. The number of ether oxygens (including phenoxy) is 1. The maximum Gasteiger partial charge on any atom is 0.339 e. The van der Waals surface area contributed by atoms with E-state index in [1.54, 1.807) is 49.2 Å². The number of rotatable bonds is 5. The lowest BCUT2D eigenvalue weighted by Crippen LogP contribution is -2.30. The second kappa shape index (κ2) is 8.06. The number of anilines is 1. The van der Waals surface area contributed by atoms with Gasteiger partial charge in [-0.3, -0.25) is 9.48 Å². The molecular formula is C23H22N4O4. The largest absolute Gasteiger partial charge is 0.463 e. The number of nitrogens with one attached hydrogen (secondary N) is 1. The second-order valence-electron chi connectivity index (χ2n) is 7.26. The minimum atomic E-state index is -1.01. The average Bonchev–Trinajstić information content (AvgIpc) is 3.37. The van der Waals surface area contributed by atoms with Crippen molar-refractivity contribution in [3.63, 3.8) is 0 Å². The molecule has 4 aromatic rings. The first-order valence-electron chi connectivity index (χ1n) is 9.81. The fraction of sp³-hybridized carbons (Fsp3) is 0.217. The number of benzene rings is 1. The molecule has 8 heteroatoms. The van der Waals surface area contributed by atoms with Gasteiger partial charge < -0.3 is 14.5 Å². The summed E-state index contributed by atoms with van der Waals surface area (Å²) in [7, 11) is 1.80. The van der Waals surface area contributed by atoms with Crippen LogP contribution in [0.1, 0.15) is 28.7 Å². The monoisotopic (exact) mass is 418 g/mol. The van der Waals surface area contributed by atoms with Crippen LogP contribution in [-0.4, -0.2) is 32.7 Å². The molecule has 1 aromatic carbocycles. The normalized spacial score (nSPS) is 12.0. The van der Waals surface area contributed by atoms with E-state index in [4.69, 9.17) is 9.15 Å². The van der Waals surface area contributed by atoms with Crippen LogP contribution in [0.4, 0.5) is 5.69 Å². The van der Waals surface area contributed by atoms with Crippen LogP contribution in [0.15, 0.2) is 53.1 Å². The molecule has 3 heterocycles. The molecule has 0 radical (unpaired) electrons. The van der Waals surface area contributed by atoms with Gasteiger partial charge in [0.15, 0.2) is 11.9 Å². The van der Waals surface area contributed by atoms with E-state index >= 15 is 0 Å². The molecule has 0 aliphatic carbocycles. The van der Waals surface area contributed by atoms with Crippen LogP contribution >= 0.6 is 0 Å². The van der Waals surface area contributed by atoms with Crippen molar-refractivity contribution in [3.8, 4) is 11.5 Å². The summed E-state index contributed by atoms with van der Waals surface area (Å²) in [5, 5.41) is 7.71. The molecule has 1 atom stereocenters. The SMILES string of the molecule is Cc1nn(C)c(C)c1NC(=O)[C@@H](C)OC(=O)c1cc(-c2ccco2)nc2ccccc12. The van der Waals surface area contributed by atoms with Gasteiger partial charge in [0.1, 0.15) is 5.69 Å². The van der Waals surface area contributed by atoms with Gasteiger partial charge in [-0.2, -0.15) is 5.10 Å². The molecule has 0 spiro atoms. The third-order valence-corrected chi connectivity index (χ3v) is 5.12. The first-order chi connectivity index (χ1) is 14.8. The minimum absolute atomic E-state index is 0.311. The quantitative estimate of drug-likeness (QED) is 0.491. The van der Waals surface area contributed by atoms with Crippen LogP contribution in [0.25, 0.3) is 22.4 Å². The Morgan fingerprint density at radius 3 is 2.61 bits per heavy atom. The van der Waals surface area contributed by atoms with Gasteiger partial charge in [-0.1, -0.05) is 18.2 Å². The molecule has 158 valence electrons. The van der Waals surface area contributed by atoms with Crippen molar-refractivity contribution in [2.45, 2.75) is 26.9 Å². The highest BCUT2D eigenvalue weighted by Gasteiger charge is 2.23. The van der Waals surface area contributed by atoms with Gasteiger partial charge in [-0.15, -0.1) is 0 Å². The Morgan fingerprint density at radius 1 is 1.16 bits per heavy atom. The van der Waals surface area contributed by atoms with Gasteiger partial charge in [0.05, 0.1) is 34.4 Å². The Bertz CT molecular complexity index is 1270. The number of furan rings is 1. The molecule has 0 fully saturated rings. The van der Waals surface area contributed by atoms with E-state index in [0.29, 0.717) is 39.3 Å². The predicted octanol–water partition coefficient (Wildman–Crippen LogP) is 4.03. The summed E-state index contributed by atoms with van der Waals surface area (Å²) in [5.74, 6) is -0.515. The molecule has 4 rings (SSSR count). The number of aryl methyl sites for hydroxylation is 2. The van der Waals surface area contributed by atoms with E-state index in [-0.39, 0.29) is 0 Å². The summed E-state index contributed by atoms with van der Waals surface area (Å²) in [5.41, 5.74) is 3.56. The van der Waals surface area contributed by atoms with Crippen molar-refractivity contribution in [1.29, 1.82) is 0 Å². The number of esters is 1. The molecule has 0 aliphatic heterocycles. The van der Waals surface area contributed by atoms with Gasteiger partial charge in [0, 0.05) is 12.4 Å². The van der Waals surface area contributed by atoms with Crippen LogP contribution in [0, 0.1) is 13.8 Å². The predicted molar refractivity (Wildman–Crippen MR) is 116 cm³/mol. The molecule has 1 N–H and O–H groups in total. The number of pyridine rings is 1. The van der Waals surface area contributed by atoms with Crippen molar-refractivity contribution in [2.75, 3.05) is 5.32 Å². The number of hydrogen-bond acceptors (Lipinski definition) is 6. The Hall–Kier alpha value is -3.94. The Balaban J connectivity index is 1.60. The summed E-state index contributed by atoms with van der Waals surface area (Å²) < 4.78 is 12.6. The van der Waals surface area contributed by atoms with Gasteiger partial charge in [0.25, 0.3) is 5.91 Å². The Morgan fingerprint density at radius 2 is 1.94 bits per heavy atom. The van der Waals surface area contributed by atoms with Crippen molar-refractivity contribution in [1.82, 2.24) is 14.8 Å². The van der Waals surface area contributed by atoms with E-state index in [9.17, 15) is 9.59 Å². The highest BCUT2D eigenvalue weighted by Crippen LogP contribution is 2.26. The number of nitrogens with zero attached hydrogens (tertiary/aromatic N) is 3. The fourth-order valence-corrected chi connectivity index (χ4v) is 3.35. The topological polar surface area (TPSA) is 99.2 Å². The lowest BCUT2D eigenvalue weighted by Gasteiger charge is -2.15. The first-order valence-corrected chi connectivity index (χ1v) is 9.81. The highest BCUT2D eigenvalue weighted by atomic mass is 16.5. The zero-order valence-electron chi connectivity index (χ0n) is 17.7. The second-order valence-corrected chi connectivity index (χ2v) is 7.26.